The maximum atomic E-state index is 6.00. The second-order valence-electron chi connectivity index (χ2n) is 5.39. The van der Waals surface area contributed by atoms with Gasteiger partial charge in [0, 0.05) is 25.9 Å². The maximum absolute atomic E-state index is 6.00. The van der Waals surface area contributed by atoms with Crippen LogP contribution < -0.4 is 5.32 Å². The highest BCUT2D eigenvalue weighted by atomic mass is 16.5. The predicted octanol–water partition coefficient (Wildman–Crippen LogP) is 2.88. The number of aryl methyl sites for hydroxylation is 2. The summed E-state index contributed by atoms with van der Waals surface area (Å²) in [5, 5.41) is 3.57. The second-order valence-corrected chi connectivity index (χ2v) is 5.39. The van der Waals surface area contributed by atoms with Crippen LogP contribution in [-0.2, 0) is 11.8 Å². The topological polar surface area (TPSA) is 39.1 Å². The molecule has 0 amide bonds. The van der Waals surface area contributed by atoms with E-state index in [1.807, 2.05) is 14.0 Å². The van der Waals surface area contributed by atoms with E-state index >= 15 is 0 Å². The molecule has 0 spiro atoms. The minimum atomic E-state index is 0.0656. The summed E-state index contributed by atoms with van der Waals surface area (Å²) >= 11 is 0. The summed E-state index contributed by atoms with van der Waals surface area (Å²) in [4.78, 5) is 4.51. The predicted molar refractivity (Wildman–Crippen MR) is 73.9 cm³/mol. The summed E-state index contributed by atoms with van der Waals surface area (Å²) in [5.41, 5.74) is 1.13. The lowest BCUT2D eigenvalue weighted by Gasteiger charge is -2.40. The first-order valence-corrected chi connectivity index (χ1v) is 6.99. The van der Waals surface area contributed by atoms with Crippen LogP contribution in [0.3, 0.4) is 0 Å². The first-order valence-electron chi connectivity index (χ1n) is 6.99. The molecule has 1 atom stereocenters. The van der Waals surface area contributed by atoms with Crippen molar-refractivity contribution in [1.29, 1.82) is 0 Å². The number of nitrogens with zero attached hydrogens (tertiary/aromatic N) is 2. The number of hydrogen-bond acceptors (Lipinski definition) is 3. The van der Waals surface area contributed by atoms with Gasteiger partial charge in [0.2, 0.25) is 5.95 Å². The van der Waals surface area contributed by atoms with E-state index in [0.717, 1.165) is 43.9 Å². The first-order chi connectivity index (χ1) is 8.58. The summed E-state index contributed by atoms with van der Waals surface area (Å²) in [6.45, 7) is 7.31. The van der Waals surface area contributed by atoms with Crippen molar-refractivity contribution in [3.05, 3.63) is 11.9 Å². The van der Waals surface area contributed by atoms with E-state index in [-0.39, 0.29) is 5.60 Å². The number of imidazole rings is 1. The van der Waals surface area contributed by atoms with E-state index in [1.165, 1.54) is 0 Å². The molecule has 18 heavy (non-hydrogen) atoms. The molecule has 0 aliphatic carbocycles. The highest BCUT2D eigenvalue weighted by molar-refractivity contribution is 5.30. The lowest BCUT2D eigenvalue weighted by molar-refractivity contribution is -0.0865. The van der Waals surface area contributed by atoms with Gasteiger partial charge in [0.25, 0.3) is 0 Å². The van der Waals surface area contributed by atoms with Crippen molar-refractivity contribution in [1.82, 2.24) is 9.55 Å². The van der Waals surface area contributed by atoms with Gasteiger partial charge in [-0.2, -0.15) is 0 Å². The zero-order chi connectivity index (χ0) is 13.2. The van der Waals surface area contributed by atoms with Crippen LogP contribution in [0.2, 0.25) is 0 Å². The van der Waals surface area contributed by atoms with Crippen molar-refractivity contribution in [3.63, 3.8) is 0 Å². The number of aromatic nitrogens is 2. The fourth-order valence-corrected chi connectivity index (χ4v) is 2.83. The third kappa shape index (κ3) is 2.69. The van der Waals surface area contributed by atoms with Gasteiger partial charge in [0.15, 0.2) is 0 Å². The monoisotopic (exact) mass is 251 g/mol. The van der Waals surface area contributed by atoms with Gasteiger partial charge in [0.05, 0.1) is 11.3 Å². The molecule has 102 valence electrons. The van der Waals surface area contributed by atoms with Gasteiger partial charge in [-0.15, -0.1) is 0 Å². The largest absolute Gasteiger partial charge is 0.375 e. The molecule has 0 aromatic carbocycles. The van der Waals surface area contributed by atoms with Crippen LogP contribution in [0, 0.1) is 6.92 Å². The maximum Gasteiger partial charge on any atom is 0.202 e. The van der Waals surface area contributed by atoms with Crippen molar-refractivity contribution in [3.8, 4) is 0 Å². The molecule has 1 aliphatic rings. The van der Waals surface area contributed by atoms with Gasteiger partial charge < -0.3 is 14.6 Å². The Hall–Kier alpha value is -1.03. The smallest absolute Gasteiger partial charge is 0.202 e. The molecule has 1 fully saturated rings. The lowest BCUT2D eigenvalue weighted by Crippen LogP contribution is -2.44. The SMILES string of the molecule is CCC1(CC)CC(Nc2nc(C)cn2C)CCO1. The molecule has 0 bridgehead atoms. The molecule has 1 unspecified atom stereocenters. The number of anilines is 1. The Balaban J connectivity index is 2.03. The molecule has 1 aromatic heterocycles. The third-order valence-electron chi connectivity index (χ3n) is 4.11. The van der Waals surface area contributed by atoms with Crippen LogP contribution in [0.15, 0.2) is 6.20 Å². The molecule has 1 saturated heterocycles. The highest BCUT2D eigenvalue weighted by Crippen LogP contribution is 2.32. The van der Waals surface area contributed by atoms with E-state index in [9.17, 15) is 0 Å². The molecule has 4 heteroatoms. The zero-order valence-electron chi connectivity index (χ0n) is 12.0. The van der Waals surface area contributed by atoms with Gasteiger partial charge in [-0.05, 0) is 32.6 Å². The molecule has 4 nitrogen and oxygen atoms in total. The summed E-state index contributed by atoms with van der Waals surface area (Å²) in [6, 6.07) is 0.471. The van der Waals surface area contributed by atoms with Gasteiger partial charge in [-0.25, -0.2) is 4.98 Å². The Morgan fingerprint density at radius 1 is 1.50 bits per heavy atom. The van der Waals surface area contributed by atoms with Gasteiger partial charge in [0.1, 0.15) is 0 Å². The Kier molecular flexibility index (Phi) is 3.95. The minimum absolute atomic E-state index is 0.0656. The Morgan fingerprint density at radius 3 is 2.78 bits per heavy atom. The summed E-state index contributed by atoms with van der Waals surface area (Å²) < 4.78 is 8.06. The number of nitrogens with one attached hydrogen (secondary N) is 1. The van der Waals surface area contributed by atoms with Crippen molar-refractivity contribution in [2.45, 2.75) is 58.1 Å². The minimum Gasteiger partial charge on any atom is -0.375 e. The molecule has 0 radical (unpaired) electrons. The van der Waals surface area contributed by atoms with Crippen molar-refractivity contribution >= 4 is 5.95 Å². The Labute approximate surface area is 110 Å². The van der Waals surface area contributed by atoms with E-state index in [0.29, 0.717) is 6.04 Å². The van der Waals surface area contributed by atoms with Crippen molar-refractivity contribution in [2.24, 2.45) is 7.05 Å². The summed E-state index contributed by atoms with van der Waals surface area (Å²) in [6.07, 6.45) is 6.36. The highest BCUT2D eigenvalue weighted by Gasteiger charge is 2.34. The molecule has 1 N–H and O–H groups in total. The number of ether oxygens (including phenoxy) is 1. The second kappa shape index (κ2) is 5.31. The molecule has 1 aliphatic heterocycles. The van der Waals surface area contributed by atoms with E-state index in [2.05, 4.69) is 34.9 Å². The molecule has 2 rings (SSSR count). The van der Waals surface area contributed by atoms with E-state index in [1.54, 1.807) is 0 Å². The fourth-order valence-electron chi connectivity index (χ4n) is 2.83. The third-order valence-corrected chi connectivity index (χ3v) is 4.11. The zero-order valence-corrected chi connectivity index (χ0v) is 12.0. The molecule has 1 aromatic rings. The fraction of sp³-hybridized carbons (Fsp3) is 0.786. The van der Waals surface area contributed by atoms with Crippen LogP contribution in [0.25, 0.3) is 0 Å². The van der Waals surface area contributed by atoms with Crippen LogP contribution in [0.5, 0.6) is 0 Å². The van der Waals surface area contributed by atoms with E-state index in [4.69, 9.17) is 4.74 Å². The van der Waals surface area contributed by atoms with Crippen LogP contribution in [-0.4, -0.2) is 27.8 Å². The van der Waals surface area contributed by atoms with Gasteiger partial charge in [-0.1, -0.05) is 13.8 Å². The lowest BCUT2D eigenvalue weighted by atomic mass is 9.86. The summed E-state index contributed by atoms with van der Waals surface area (Å²) in [5.74, 6) is 0.973. The Bertz CT molecular complexity index is 396. The molecular formula is C14H25N3O. The van der Waals surface area contributed by atoms with E-state index < -0.39 is 0 Å². The summed E-state index contributed by atoms with van der Waals surface area (Å²) in [7, 11) is 2.04. The van der Waals surface area contributed by atoms with Crippen molar-refractivity contribution < 1.29 is 4.74 Å². The number of rotatable bonds is 4. The van der Waals surface area contributed by atoms with Gasteiger partial charge >= 0.3 is 0 Å². The Morgan fingerprint density at radius 2 is 2.22 bits per heavy atom. The van der Waals surface area contributed by atoms with Crippen LogP contribution in [0.1, 0.15) is 45.2 Å². The van der Waals surface area contributed by atoms with Gasteiger partial charge in [-0.3, -0.25) is 0 Å². The van der Waals surface area contributed by atoms with Crippen molar-refractivity contribution in [2.75, 3.05) is 11.9 Å². The molecule has 0 saturated carbocycles. The number of hydrogen-bond donors (Lipinski definition) is 1. The average molecular weight is 251 g/mol. The van der Waals surface area contributed by atoms with Crippen LogP contribution in [0.4, 0.5) is 5.95 Å². The normalized spacial score (nSPS) is 23.0. The average Bonchev–Trinajstić information content (AvgIpc) is 2.68. The molecule has 2 heterocycles. The van der Waals surface area contributed by atoms with Crippen LogP contribution >= 0.6 is 0 Å². The first kappa shape index (κ1) is 13.4. The molecular weight excluding hydrogens is 226 g/mol. The quantitative estimate of drug-likeness (QED) is 0.894. The standard InChI is InChI=1S/C14H25N3O/c1-5-14(6-2)9-12(7-8-18-14)16-13-15-11(3)10-17(13)4/h10,12H,5-9H2,1-4H3,(H,15,16).